The van der Waals surface area contributed by atoms with E-state index in [1.165, 1.54) is 0 Å². The lowest BCUT2D eigenvalue weighted by molar-refractivity contribution is -0.268. The highest BCUT2D eigenvalue weighted by molar-refractivity contribution is 5.69. The fourth-order valence-electron chi connectivity index (χ4n) is 1.77. The number of morpholine rings is 1. The van der Waals surface area contributed by atoms with Crippen LogP contribution in [0.1, 0.15) is 12.8 Å². The second-order valence-electron chi connectivity index (χ2n) is 4.80. The third-order valence-corrected chi connectivity index (χ3v) is 3.18. The summed E-state index contributed by atoms with van der Waals surface area (Å²) in [7, 11) is 0. The first kappa shape index (κ1) is 19.0. The van der Waals surface area contributed by atoms with Crippen LogP contribution in [0.15, 0.2) is 0 Å². The van der Waals surface area contributed by atoms with Gasteiger partial charge in [0.2, 0.25) is 0 Å². The highest BCUT2D eigenvalue weighted by atomic mass is 19.3. The van der Waals surface area contributed by atoms with Gasteiger partial charge in [-0.3, -0.25) is 9.69 Å². The molecule has 0 unspecified atom stereocenters. The zero-order chi connectivity index (χ0) is 16.8. The zero-order valence-electron chi connectivity index (χ0n) is 11.7. The van der Waals surface area contributed by atoms with E-state index < -0.39 is 37.3 Å². The molecule has 0 atom stereocenters. The normalized spacial score (nSPS) is 17.8. The maximum absolute atomic E-state index is 12.9. The second kappa shape index (κ2) is 8.00. The van der Waals surface area contributed by atoms with Crippen molar-refractivity contribution in [2.45, 2.75) is 31.1 Å². The summed E-state index contributed by atoms with van der Waals surface area (Å²) in [5.41, 5.74) is 0. The molecule has 1 aliphatic heterocycles. The number of carbonyl (C=O) groups is 1. The van der Waals surface area contributed by atoms with Crippen LogP contribution in [-0.2, 0) is 14.3 Å². The molecule has 0 saturated carbocycles. The first-order valence-corrected chi connectivity index (χ1v) is 6.66. The third-order valence-electron chi connectivity index (χ3n) is 3.18. The summed E-state index contributed by atoms with van der Waals surface area (Å²) >= 11 is 0. The molecule has 0 amide bonds. The molecule has 22 heavy (non-hydrogen) atoms. The average molecular weight is 337 g/mol. The van der Waals surface area contributed by atoms with Crippen LogP contribution in [0.5, 0.6) is 0 Å². The topological polar surface area (TPSA) is 38.8 Å². The van der Waals surface area contributed by atoms with Gasteiger partial charge in [-0.1, -0.05) is 0 Å². The van der Waals surface area contributed by atoms with Crippen LogP contribution in [0, 0.1) is 0 Å². The number of ether oxygens (including phenoxy) is 2. The quantitative estimate of drug-likeness (QED) is 0.503. The minimum atomic E-state index is -5.45. The highest BCUT2D eigenvalue weighted by Gasteiger charge is 2.62. The van der Waals surface area contributed by atoms with Crippen molar-refractivity contribution in [1.82, 2.24) is 4.90 Å². The van der Waals surface area contributed by atoms with Gasteiger partial charge in [0.15, 0.2) is 0 Å². The number of rotatable bonds is 8. The number of hydrogen-bond acceptors (Lipinski definition) is 4. The number of carbonyl (C=O) groups excluding carboxylic acids is 1. The van der Waals surface area contributed by atoms with Crippen LogP contribution in [-0.4, -0.2) is 68.6 Å². The molecule has 1 fully saturated rings. The minimum absolute atomic E-state index is 0.100. The van der Waals surface area contributed by atoms with E-state index in [1.807, 2.05) is 4.90 Å². The van der Waals surface area contributed by atoms with Gasteiger partial charge in [0.1, 0.15) is 0 Å². The van der Waals surface area contributed by atoms with E-state index in [9.17, 15) is 31.1 Å². The molecule has 1 rings (SSSR count). The van der Waals surface area contributed by atoms with Crippen LogP contribution < -0.4 is 0 Å². The van der Waals surface area contributed by atoms with E-state index in [0.717, 1.165) is 0 Å². The van der Waals surface area contributed by atoms with Crippen molar-refractivity contribution in [2.75, 3.05) is 39.5 Å². The van der Waals surface area contributed by atoms with Crippen LogP contribution in [0.3, 0.4) is 0 Å². The van der Waals surface area contributed by atoms with Crippen LogP contribution >= 0.6 is 0 Å². The fourth-order valence-corrected chi connectivity index (χ4v) is 1.77. The molecule has 0 spiro atoms. The van der Waals surface area contributed by atoms with E-state index >= 15 is 0 Å². The largest absolute Gasteiger partial charge is 0.465 e. The molecule has 0 aromatic carbocycles. The Kier molecular flexibility index (Phi) is 6.92. The van der Waals surface area contributed by atoms with Crippen molar-refractivity contribution in [3.63, 3.8) is 0 Å². The maximum Gasteiger partial charge on any atom is 0.369 e. The predicted molar refractivity (Wildman–Crippen MR) is 63.4 cm³/mol. The van der Waals surface area contributed by atoms with Gasteiger partial charge in [-0.05, 0) is 0 Å². The minimum Gasteiger partial charge on any atom is -0.465 e. The Morgan fingerprint density at radius 3 is 2.32 bits per heavy atom. The Hall–Kier alpha value is -1.03. The molecular weight excluding hydrogens is 320 g/mol. The van der Waals surface area contributed by atoms with E-state index in [2.05, 4.69) is 4.74 Å². The Morgan fingerprint density at radius 1 is 1.18 bits per heavy atom. The predicted octanol–water partition coefficient (Wildman–Crippen LogP) is 2.18. The van der Waals surface area contributed by atoms with Crippen molar-refractivity contribution >= 4 is 5.97 Å². The second-order valence-corrected chi connectivity index (χ2v) is 4.80. The molecule has 0 radical (unpaired) electrons. The van der Waals surface area contributed by atoms with Gasteiger partial charge in [-0.25, -0.2) is 8.78 Å². The smallest absolute Gasteiger partial charge is 0.369 e. The Labute approximate surface area is 123 Å². The van der Waals surface area contributed by atoms with E-state index in [-0.39, 0.29) is 6.42 Å². The van der Waals surface area contributed by atoms with Crippen LogP contribution in [0.4, 0.5) is 26.3 Å². The average Bonchev–Trinajstić information content (AvgIpc) is 2.45. The number of nitrogens with zero attached hydrogens (tertiary/aromatic N) is 1. The van der Waals surface area contributed by atoms with Gasteiger partial charge in [0.25, 0.3) is 0 Å². The molecule has 0 aliphatic carbocycles. The van der Waals surface area contributed by atoms with Crippen LogP contribution in [0.2, 0.25) is 0 Å². The lowest BCUT2D eigenvalue weighted by Gasteiger charge is -2.26. The van der Waals surface area contributed by atoms with Crippen LogP contribution in [0.25, 0.3) is 0 Å². The standard InChI is InChI=1S/C12H17F6NO3/c13-10(14)12(17,18)11(15,16)2-6-22-9(20)1-3-19-4-7-21-8-5-19/h10H,1-8H2. The van der Waals surface area contributed by atoms with Crippen molar-refractivity contribution < 1.29 is 40.6 Å². The van der Waals surface area contributed by atoms with Gasteiger partial charge in [0, 0.05) is 19.6 Å². The molecule has 1 aliphatic rings. The molecule has 0 N–H and O–H groups in total. The molecule has 10 heteroatoms. The first-order chi connectivity index (χ1) is 10.2. The molecule has 0 bridgehead atoms. The zero-order valence-corrected chi connectivity index (χ0v) is 11.7. The Balaban J connectivity index is 2.26. The molecule has 130 valence electrons. The van der Waals surface area contributed by atoms with Gasteiger partial charge in [-0.15, -0.1) is 0 Å². The molecule has 0 aromatic rings. The third kappa shape index (κ3) is 5.31. The van der Waals surface area contributed by atoms with E-state index in [4.69, 9.17) is 4.74 Å². The number of halogens is 6. The van der Waals surface area contributed by atoms with Crippen molar-refractivity contribution in [2.24, 2.45) is 0 Å². The lowest BCUT2D eigenvalue weighted by Crippen LogP contribution is -2.47. The molecule has 1 heterocycles. The summed E-state index contributed by atoms with van der Waals surface area (Å²) in [4.78, 5) is 13.2. The summed E-state index contributed by atoms with van der Waals surface area (Å²) < 4.78 is 84.2. The summed E-state index contributed by atoms with van der Waals surface area (Å²) in [5, 5.41) is 0. The summed E-state index contributed by atoms with van der Waals surface area (Å²) in [5.74, 6) is -11.2. The monoisotopic (exact) mass is 337 g/mol. The lowest BCUT2D eigenvalue weighted by atomic mass is 10.1. The molecule has 1 saturated heterocycles. The number of hydrogen-bond donors (Lipinski definition) is 0. The van der Waals surface area contributed by atoms with Gasteiger partial charge in [-0.2, -0.15) is 17.6 Å². The van der Waals surface area contributed by atoms with E-state index in [0.29, 0.717) is 32.8 Å². The van der Waals surface area contributed by atoms with Crippen molar-refractivity contribution in [3.8, 4) is 0 Å². The summed E-state index contributed by atoms with van der Waals surface area (Å²) in [6.07, 6.45) is -6.25. The van der Waals surface area contributed by atoms with Gasteiger partial charge < -0.3 is 9.47 Å². The first-order valence-electron chi connectivity index (χ1n) is 6.66. The Bertz CT molecular complexity index is 361. The van der Waals surface area contributed by atoms with Crippen molar-refractivity contribution in [3.05, 3.63) is 0 Å². The summed E-state index contributed by atoms with van der Waals surface area (Å²) in [6.45, 7) is 1.55. The fraction of sp³-hybridized carbons (Fsp3) is 0.917. The molecule has 0 aromatic heterocycles. The van der Waals surface area contributed by atoms with Gasteiger partial charge in [0.05, 0.1) is 32.7 Å². The van der Waals surface area contributed by atoms with Gasteiger partial charge >= 0.3 is 24.2 Å². The van der Waals surface area contributed by atoms with Crippen molar-refractivity contribution in [1.29, 1.82) is 0 Å². The number of esters is 1. The highest BCUT2D eigenvalue weighted by Crippen LogP contribution is 2.41. The SMILES string of the molecule is O=C(CCN1CCOCC1)OCCC(F)(F)C(F)(F)C(F)F. The summed E-state index contributed by atoms with van der Waals surface area (Å²) in [6, 6.07) is 0. The molecular formula is C12H17F6NO3. The van der Waals surface area contributed by atoms with E-state index in [1.54, 1.807) is 0 Å². The Morgan fingerprint density at radius 2 is 1.77 bits per heavy atom. The maximum atomic E-state index is 12.9. The number of alkyl halides is 6. The molecule has 4 nitrogen and oxygen atoms in total.